The Labute approximate surface area is 131 Å². The van der Waals surface area contributed by atoms with E-state index in [0.29, 0.717) is 26.1 Å². The third-order valence-corrected chi connectivity index (χ3v) is 4.87. The van der Waals surface area contributed by atoms with Crippen LogP contribution in [0, 0.1) is 0 Å². The highest BCUT2D eigenvalue weighted by Gasteiger charge is 2.17. The first-order chi connectivity index (χ1) is 10.0. The minimum Gasteiger partial charge on any atom is -0.381 e. The number of halogens is 1. The third-order valence-electron chi connectivity index (χ3n) is 2.92. The first kappa shape index (κ1) is 18.4. The second-order valence-electron chi connectivity index (χ2n) is 4.69. The lowest BCUT2D eigenvalue weighted by atomic mass is 10.2. The van der Waals surface area contributed by atoms with Crippen molar-refractivity contribution in [2.24, 2.45) is 5.73 Å². The lowest BCUT2D eigenvalue weighted by molar-refractivity contribution is 0.130. The van der Waals surface area contributed by atoms with Crippen LogP contribution in [0.4, 0.5) is 0 Å². The number of rotatable bonds is 10. The minimum absolute atomic E-state index is 0.0771. The van der Waals surface area contributed by atoms with E-state index in [2.05, 4.69) is 11.6 Å². The van der Waals surface area contributed by atoms with Crippen molar-refractivity contribution in [3.8, 4) is 0 Å². The molecule has 1 rings (SSSR count). The van der Waals surface area contributed by atoms with Crippen LogP contribution in [0.3, 0.4) is 0 Å². The standard InChI is InChI=1S/C14H23ClN2O3S/c1-2-3-8-20-9-4-7-17-21(18,19)14-6-5-12(11-16)10-13(14)15/h5-6,10,17H,2-4,7-9,11,16H2,1H3. The first-order valence-electron chi connectivity index (χ1n) is 7.07. The molecule has 0 fully saturated rings. The van der Waals surface area contributed by atoms with Gasteiger partial charge in [-0.2, -0.15) is 0 Å². The zero-order chi connectivity index (χ0) is 15.7. The molecule has 1 aromatic carbocycles. The van der Waals surface area contributed by atoms with Crippen molar-refractivity contribution in [2.45, 2.75) is 37.6 Å². The Morgan fingerprint density at radius 2 is 2.00 bits per heavy atom. The molecule has 0 atom stereocenters. The smallest absolute Gasteiger partial charge is 0.242 e. The van der Waals surface area contributed by atoms with Gasteiger partial charge in [0.15, 0.2) is 0 Å². The summed E-state index contributed by atoms with van der Waals surface area (Å²) in [6.07, 6.45) is 2.74. The summed E-state index contributed by atoms with van der Waals surface area (Å²) in [5, 5.41) is 0.185. The van der Waals surface area contributed by atoms with Gasteiger partial charge in [0.1, 0.15) is 4.90 Å². The molecule has 0 aliphatic heterocycles. The van der Waals surface area contributed by atoms with Gasteiger partial charge >= 0.3 is 0 Å². The molecule has 0 aromatic heterocycles. The molecule has 0 amide bonds. The van der Waals surface area contributed by atoms with Crippen LogP contribution in [0.15, 0.2) is 23.1 Å². The van der Waals surface area contributed by atoms with Crippen molar-refractivity contribution in [3.63, 3.8) is 0 Å². The number of sulfonamides is 1. The largest absolute Gasteiger partial charge is 0.381 e. The summed E-state index contributed by atoms with van der Waals surface area (Å²) in [4.78, 5) is 0.0771. The van der Waals surface area contributed by atoms with Gasteiger partial charge in [0, 0.05) is 26.3 Å². The fourth-order valence-corrected chi connectivity index (χ4v) is 3.34. The molecule has 0 spiro atoms. The van der Waals surface area contributed by atoms with Gasteiger partial charge in [-0.3, -0.25) is 0 Å². The Bertz CT molecular complexity index is 535. The van der Waals surface area contributed by atoms with Gasteiger partial charge in [0.2, 0.25) is 10.0 Å². The fourth-order valence-electron chi connectivity index (χ4n) is 1.70. The molecule has 0 aliphatic rings. The Hall–Kier alpha value is -0.660. The van der Waals surface area contributed by atoms with E-state index < -0.39 is 10.0 Å². The summed E-state index contributed by atoms with van der Waals surface area (Å²) < 4.78 is 32.1. The van der Waals surface area contributed by atoms with Crippen molar-refractivity contribution < 1.29 is 13.2 Å². The number of ether oxygens (including phenoxy) is 1. The maximum absolute atomic E-state index is 12.1. The number of nitrogens with two attached hydrogens (primary N) is 1. The molecular weight excluding hydrogens is 312 g/mol. The first-order valence-corrected chi connectivity index (χ1v) is 8.93. The van der Waals surface area contributed by atoms with E-state index in [0.717, 1.165) is 25.0 Å². The Balaban J connectivity index is 2.46. The van der Waals surface area contributed by atoms with E-state index in [1.807, 2.05) is 0 Å². The summed E-state index contributed by atoms with van der Waals surface area (Å²) >= 11 is 5.99. The molecule has 0 unspecified atom stereocenters. The maximum Gasteiger partial charge on any atom is 0.242 e. The van der Waals surface area contributed by atoms with Gasteiger partial charge in [-0.25, -0.2) is 13.1 Å². The van der Waals surface area contributed by atoms with E-state index in [-0.39, 0.29) is 9.92 Å². The normalized spacial score (nSPS) is 11.8. The third kappa shape index (κ3) is 6.32. The van der Waals surface area contributed by atoms with Crippen molar-refractivity contribution in [3.05, 3.63) is 28.8 Å². The highest BCUT2D eigenvalue weighted by Crippen LogP contribution is 2.22. The average Bonchev–Trinajstić information content (AvgIpc) is 2.45. The summed E-state index contributed by atoms with van der Waals surface area (Å²) in [5.41, 5.74) is 6.28. The van der Waals surface area contributed by atoms with Crippen molar-refractivity contribution in [1.82, 2.24) is 4.72 Å². The van der Waals surface area contributed by atoms with Gasteiger partial charge < -0.3 is 10.5 Å². The van der Waals surface area contributed by atoms with E-state index in [9.17, 15) is 8.42 Å². The molecule has 3 N–H and O–H groups in total. The molecule has 0 aliphatic carbocycles. The molecule has 0 bridgehead atoms. The highest BCUT2D eigenvalue weighted by atomic mass is 35.5. The predicted octanol–water partition coefficient (Wildman–Crippen LogP) is 2.28. The number of unbranched alkanes of at least 4 members (excludes halogenated alkanes) is 1. The van der Waals surface area contributed by atoms with Gasteiger partial charge in [0.05, 0.1) is 5.02 Å². The SMILES string of the molecule is CCCCOCCCNS(=O)(=O)c1ccc(CN)cc1Cl. The summed E-state index contributed by atoms with van der Waals surface area (Å²) in [6.45, 7) is 4.00. The van der Waals surface area contributed by atoms with Gasteiger partial charge in [0.25, 0.3) is 0 Å². The average molecular weight is 335 g/mol. The lowest BCUT2D eigenvalue weighted by Gasteiger charge is -2.09. The number of benzene rings is 1. The summed E-state index contributed by atoms with van der Waals surface area (Å²) in [5.74, 6) is 0. The minimum atomic E-state index is -3.59. The second kappa shape index (κ2) is 9.38. The molecular formula is C14H23ClN2O3S. The molecule has 5 nitrogen and oxygen atoms in total. The van der Waals surface area contributed by atoms with Gasteiger partial charge in [-0.1, -0.05) is 31.0 Å². The lowest BCUT2D eigenvalue weighted by Crippen LogP contribution is -2.26. The van der Waals surface area contributed by atoms with E-state index in [1.165, 1.54) is 6.07 Å². The van der Waals surface area contributed by atoms with E-state index in [4.69, 9.17) is 22.1 Å². The van der Waals surface area contributed by atoms with Crippen LogP contribution in [0.5, 0.6) is 0 Å². The van der Waals surface area contributed by atoms with Crippen LogP contribution < -0.4 is 10.5 Å². The van der Waals surface area contributed by atoms with Crippen LogP contribution in [-0.2, 0) is 21.3 Å². The highest BCUT2D eigenvalue weighted by molar-refractivity contribution is 7.89. The predicted molar refractivity (Wildman–Crippen MR) is 84.9 cm³/mol. The summed E-state index contributed by atoms with van der Waals surface area (Å²) in [7, 11) is -3.59. The molecule has 21 heavy (non-hydrogen) atoms. The van der Waals surface area contributed by atoms with Crippen LogP contribution in [0.1, 0.15) is 31.7 Å². The van der Waals surface area contributed by atoms with Crippen LogP contribution in [0.25, 0.3) is 0 Å². The molecule has 1 aromatic rings. The number of hydrogen-bond donors (Lipinski definition) is 2. The monoisotopic (exact) mass is 334 g/mol. The van der Waals surface area contributed by atoms with Crippen molar-refractivity contribution in [2.75, 3.05) is 19.8 Å². The molecule has 7 heteroatoms. The second-order valence-corrected chi connectivity index (χ2v) is 6.83. The molecule has 0 radical (unpaired) electrons. The number of nitrogens with one attached hydrogen (secondary N) is 1. The zero-order valence-electron chi connectivity index (χ0n) is 12.3. The van der Waals surface area contributed by atoms with E-state index >= 15 is 0 Å². The topological polar surface area (TPSA) is 81.4 Å². The van der Waals surface area contributed by atoms with Gasteiger partial charge in [-0.15, -0.1) is 0 Å². The van der Waals surface area contributed by atoms with Gasteiger partial charge in [-0.05, 0) is 30.5 Å². The van der Waals surface area contributed by atoms with Crippen LogP contribution in [-0.4, -0.2) is 28.2 Å². The molecule has 0 saturated carbocycles. The zero-order valence-corrected chi connectivity index (χ0v) is 13.8. The summed E-state index contributed by atoms with van der Waals surface area (Å²) in [6, 6.07) is 4.71. The fraction of sp³-hybridized carbons (Fsp3) is 0.571. The van der Waals surface area contributed by atoms with Crippen LogP contribution in [0.2, 0.25) is 5.02 Å². The Morgan fingerprint density at radius 3 is 2.62 bits per heavy atom. The van der Waals surface area contributed by atoms with E-state index in [1.54, 1.807) is 12.1 Å². The Morgan fingerprint density at radius 1 is 1.29 bits per heavy atom. The number of hydrogen-bond acceptors (Lipinski definition) is 4. The molecule has 120 valence electrons. The molecule has 0 saturated heterocycles. The van der Waals surface area contributed by atoms with Crippen molar-refractivity contribution in [1.29, 1.82) is 0 Å². The quantitative estimate of drug-likeness (QED) is 0.643. The maximum atomic E-state index is 12.1. The molecule has 0 heterocycles. The van der Waals surface area contributed by atoms with Crippen LogP contribution >= 0.6 is 11.6 Å². The van der Waals surface area contributed by atoms with Crippen molar-refractivity contribution >= 4 is 21.6 Å². The Kier molecular flexibility index (Phi) is 8.21.